The van der Waals surface area contributed by atoms with E-state index in [4.69, 9.17) is 0 Å². The average Bonchev–Trinajstić information content (AvgIpc) is 2.88. The molecule has 6 atom stereocenters. The Morgan fingerprint density at radius 1 is 0.882 bits per heavy atom. The molecule has 0 saturated heterocycles. The van der Waals surface area contributed by atoms with Crippen LogP contribution >= 0.6 is 122 Å². The summed E-state index contributed by atoms with van der Waals surface area (Å²) < 4.78 is 2.63. The molecule has 2 heterocycles. The summed E-state index contributed by atoms with van der Waals surface area (Å²) in [5.41, 5.74) is 0.578. The van der Waals surface area contributed by atoms with Crippen molar-refractivity contribution in [3.05, 3.63) is 0 Å². The van der Waals surface area contributed by atoms with Crippen LogP contribution in [-0.4, -0.2) is 19.4 Å². The standard InChI is InChI=1S/C6H12I2P4S5/c1-5(3-7)13-9-11-16-10(12(15-9)17-11)14-6(2)4-8/h5-6H,3-4H2,1-2H3. The molecule has 0 radical (unpaired) electrons. The molecular weight excluding hydrogens is 610 g/mol. The molecule has 6 unspecified atom stereocenters. The van der Waals surface area contributed by atoms with Gasteiger partial charge in [0.1, 0.15) is 0 Å². The van der Waals surface area contributed by atoms with Gasteiger partial charge in [0.25, 0.3) is 0 Å². The van der Waals surface area contributed by atoms with Crippen LogP contribution in [0.2, 0.25) is 0 Å². The molecule has 0 amide bonds. The lowest BCUT2D eigenvalue weighted by molar-refractivity contribution is 1.16. The quantitative estimate of drug-likeness (QED) is 0.233. The van der Waals surface area contributed by atoms with E-state index < -0.39 is 0 Å². The lowest BCUT2D eigenvalue weighted by atomic mass is 10.6. The first-order valence-electron chi connectivity index (χ1n) is 4.84. The number of halogens is 2. The van der Waals surface area contributed by atoms with Crippen molar-refractivity contribution in [2.75, 3.05) is 8.86 Å². The van der Waals surface area contributed by atoms with Crippen LogP contribution in [0.15, 0.2) is 0 Å². The van der Waals surface area contributed by atoms with Crippen LogP contribution in [0.3, 0.4) is 0 Å². The zero-order valence-electron chi connectivity index (χ0n) is 9.15. The molecule has 0 N–H and O–H groups in total. The summed E-state index contributed by atoms with van der Waals surface area (Å²) in [4.78, 5) is 0. The summed E-state index contributed by atoms with van der Waals surface area (Å²) >= 11 is 9.71. The van der Waals surface area contributed by atoms with Gasteiger partial charge in [-0.15, -0.1) is 0 Å². The second-order valence-corrected chi connectivity index (χ2v) is 39.5. The molecule has 2 bridgehead atoms. The maximum absolute atomic E-state index is 2.53. The molecule has 0 spiro atoms. The van der Waals surface area contributed by atoms with Gasteiger partial charge in [-0.05, 0) is 0 Å². The lowest BCUT2D eigenvalue weighted by Crippen LogP contribution is -1.91. The Hall–Kier alpha value is 4.02. The molecule has 0 aliphatic carbocycles. The summed E-state index contributed by atoms with van der Waals surface area (Å²) in [5.74, 6) is 0. The number of rotatable bonds is 6. The first kappa shape index (κ1) is 17.4. The fraction of sp³-hybridized carbons (Fsp3) is 1.00. The van der Waals surface area contributed by atoms with Crippen LogP contribution in [0, 0.1) is 0 Å². The Bertz CT molecular complexity index is 440. The van der Waals surface area contributed by atoms with Gasteiger partial charge in [-0.1, -0.05) is 113 Å². The number of hydrogen-bond acceptors (Lipinski definition) is 5. The molecule has 100 valence electrons. The van der Waals surface area contributed by atoms with Crippen molar-refractivity contribution in [3.63, 3.8) is 0 Å². The zero-order chi connectivity index (χ0) is 12.4. The normalized spacial score (nSPS) is 19.8. The topological polar surface area (TPSA) is 0 Å². The average molecular weight is 622 g/mol. The molecule has 0 aliphatic heterocycles. The predicted molar refractivity (Wildman–Crippen MR) is 120 cm³/mol. The third-order valence-electron chi connectivity index (χ3n) is 1.66. The van der Waals surface area contributed by atoms with Crippen LogP contribution in [0.4, 0.5) is 0 Å². The Kier molecular flexibility index (Phi) is 8.79. The second-order valence-electron chi connectivity index (χ2n) is 3.34. The highest BCUT2D eigenvalue weighted by atomic mass is 127. The van der Waals surface area contributed by atoms with E-state index in [9.17, 15) is 0 Å². The number of hydrogen-bond donors (Lipinski definition) is 0. The van der Waals surface area contributed by atoms with E-state index in [2.05, 4.69) is 113 Å². The minimum absolute atomic E-state index is 0.289. The molecule has 2 aromatic rings. The maximum Gasteiger partial charge on any atom is 0.0622 e. The van der Waals surface area contributed by atoms with Crippen LogP contribution in [0.1, 0.15) is 13.8 Å². The third-order valence-corrected chi connectivity index (χ3v) is 68.3. The number of fused-ring (bicyclic) bond motifs is 2. The van der Waals surface area contributed by atoms with Gasteiger partial charge in [-0.3, -0.25) is 0 Å². The van der Waals surface area contributed by atoms with E-state index in [0.29, 0.717) is 10.7 Å². The van der Waals surface area contributed by atoms with Crippen LogP contribution in [0.25, 0.3) is 0 Å². The molecule has 11 heteroatoms. The first-order chi connectivity index (χ1) is 8.13. The molecule has 0 aromatic carbocycles. The van der Waals surface area contributed by atoms with E-state index in [1.165, 1.54) is 8.86 Å². The molecule has 0 saturated carbocycles. The molecule has 0 nitrogen and oxygen atoms in total. The number of alkyl halides is 2. The van der Waals surface area contributed by atoms with E-state index in [1.54, 1.807) is 0 Å². The zero-order valence-corrected chi connectivity index (χ0v) is 21.1. The highest BCUT2D eigenvalue weighted by Gasteiger charge is 2.16. The van der Waals surface area contributed by atoms with Crippen molar-refractivity contribution in [2.24, 2.45) is 0 Å². The van der Waals surface area contributed by atoms with Crippen molar-refractivity contribution < 1.29 is 0 Å². The summed E-state index contributed by atoms with van der Waals surface area (Å²) in [6.07, 6.45) is 0. The second kappa shape index (κ2) is 8.60. The minimum Gasteiger partial charge on any atom is -0.0869 e. The van der Waals surface area contributed by atoms with E-state index in [-0.39, 0.29) is 11.2 Å². The van der Waals surface area contributed by atoms with Crippen LogP contribution in [-0.2, 0) is 0 Å². The van der Waals surface area contributed by atoms with Crippen molar-refractivity contribution in [3.8, 4) is 0 Å². The van der Waals surface area contributed by atoms with Gasteiger partial charge in [0.2, 0.25) is 0 Å². The summed E-state index contributed by atoms with van der Waals surface area (Å²) in [6.45, 7) is 4.81. The summed E-state index contributed by atoms with van der Waals surface area (Å²) in [7, 11) is 7.28. The van der Waals surface area contributed by atoms with Gasteiger partial charge in [0, 0.05) is 30.5 Å². The largest absolute Gasteiger partial charge is 0.0869 e. The Morgan fingerprint density at radius 3 is 1.59 bits per heavy atom. The highest BCUT2D eigenvalue weighted by Crippen LogP contribution is 2.86. The SMILES string of the molecule is CC(CI)Sp1sp2sp1sp2SC(C)CI. The Labute approximate surface area is 152 Å². The van der Waals surface area contributed by atoms with E-state index >= 15 is 0 Å². The third kappa shape index (κ3) is 5.01. The van der Waals surface area contributed by atoms with Gasteiger partial charge in [-0.2, -0.15) is 0 Å². The summed E-state index contributed by atoms with van der Waals surface area (Å²) in [5, 5.41) is 2.37. The predicted octanol–water partition coefficient (Wildman–Crippen LogP) is 9.33. The van der Waals surface area contributed by atoms with Gasteiger partial charge in [0.05, 0.1) is 10.7 Å². The van der Waals surface area contributed by atoms with Gasteiger partial charge < -0.3 is 0 Å². The van der Waals surface area contributed by atoms with E-state index in [0.717, 1.165) is 10.5 Å². The van der Waals surface area contributed by atoms with Gasteiger partial charge >= 0.3 is 0 Å². The Morgan fingerprint density at radius 2 is 1.29 bits per heavy atom. The smallest absolute Gasteiger partial charge is 0.0622 e. The van der Waals surface area contributed by atoms with Crippen molar-refractivity contribution >= 4 is 122 Å². The molecule has 2 aromatic heterocycles. The highest BCUT2D eigenvalue weighted by molar-refractivity contribution is 14.1. The summed E-state index contributed by atoms with van der Waals surface area (Å²) in [6, 6.07) is 0. The van der Waals surface area contributed by atoms with Gasteiger partial charge in [-0.25, -0.2) is 0 Å². The van der Waals surface area contributed by atoms with Crippen molar-refractivity contribution in [1.29, 1.82) is 0 Å². The Balaban J connectivity index is 2.10. The molecule has 17 heavy (non-hydrogen) atoms. The molecule has 0 aliphatic rings. The van der Waals surface area contributed by atoms with E-state index in [1.807, 2.05) is 0 Å². The van der Waals surface area contributed by atoms with Crippen LogP contribution in [0.5, 0.6) is 0 Å². The fourth-order valence-electron chi connectivity index (χ4n) is 0.868. The molecule has 2 rings (SSSR count). The van der Waals surface area contributed by atoms with Crippen LogP contribution < -0.4 is 0 Å². The minimum atomic E-state index is 0.289. The molecular formula is C6H12I2P4S5. The monoisotopic (exact) mass is 622 g/mol. The van der Waals surface area contributed by atoms with Gasteiger partial charge in [0.15, 0.2) is 0 Å². The fourth-order valence-corrected chi connectivity index (χ4v) is 115. The first-order valence-corrected chi connectivity index (χ1v) is 23.7. The lowest BCUT2D eigenvalue weighted by Gasteiger charge is -2.07. The molecule has 0 fully saturated rings. The maximum atomic E-state index is 2.53. The van der Waals surface area contributed by atoms with Crippen molar-refractivity contribution in [1.82, 2.24) is 0 Å². The van der Waals surface area contributed by atoms with Crippen molar-refractivity contribution in [2.45, 2.75) is 24.3 Å².